The minimum absolute atomic E-state index is 0.0391. The molecule has 1 N–H and O–H groups in total. The van der Waals surface area contributed by atoms with Gasteiger partial charge < -0.3 is 14.6 Å². The van der Waals surface area contributed by atoms with Crippen LogP contribution >= 0.6 is 0 Å². The molecule has 1 atom stereocenters. The zero-order valence-corrected chi connectivity index (χ0v) is 16.5. The van der Waals surface area contributed by atoms with Gasteiger partial charge in [0.1, 0.15) is 11.5 Å². The maximum absolute atomic E-state index is 13.3. The fourth-order valence-corrected chi connectivity index (χ4v) is 4.36. The van der Waals surface area contributed by atoms with Crippen molar-refractivity contribution in [1.82, 2.24) is 4.90 Å². The van der Waals surface area contributed by atoms with Crippen LogP contribution in [0, 0.1) is 11.3 Å². The maximum atomic E-state index is 13.3. The Labute approximate surface area is 160 Å². The van der Waals surface area contributed by atoms with Gasteiger partial charge in [0.05, 0.1) is 13.7 Å². The van der Waals surface area contributed by atoms with Crippen LogP contribution in [0.4, 0.5) is 0 Å². The standard InChI is InChI=1S/C21H29NO5/c1-20(2,3)15-9-11-21(12-10-15)22(17(13-27-21)19(24)25)18(23)14-5-7-16(26-4)8-6-14/h5-8,15,17H,9-13H2,1-4H3,(H,24,25). The highest BCUT2D eigenvalue weighted by Crippen LogP contribution is 2.47. The smallest absolute Gasteiger partial charge is 0.328 e. The Hall–Kier alpha value is -2.08. The zero-order valence-electron chi connectivity index (χ0n) is 16.5. The van der Waals surface area contributed by atoms with Crippen molar-refractivity contribution in [3.8, 4) is 5.75 Å². The number of methoxy groups -OCH3 is 1. The molecule has 1 aliphatic carbocycles. The molecule has 0 aromatic heterocycles. The molecule has 0 radical (unpaired) electrons. The minimum atomic E-state index is -1.02. The van der Waals surface area contributed by atoms with Crippen molar-refractivity contribution in [2.45, 2.75) is 58.2 Å². The van der Waals surface area contributed by atoms with Gasteiger partial charge in [-0.15, -0.1) is 0 Å². The minimum Gasteiger partial charge on any atom is -0.497 e. The zero-order chi connectivity index (χ0) is 19.8. The van der Waals surface area contributed by atoms with Crippen LogP contribution in [0.5, 0.6) is 5.75 Å². The molecule has 1 unspecified atom stereocenters. The molecule has 1 saturated carbocycles. The van der Waals surface area contributed by atoms with Crippen molar-refractivity contribution < 1.29 is 24.2 Å². The first kappa shape index (κ1) is 19.7. The average molecular weight is 375 g/mol. The molecule has 1 spiro atoms. The largest absolute Gasteiger partial charge is 0.497 e. The van der Waals surface area contributed by atoms with Gasteiger partial charge in [-0.05, 0) is 61.3 Å². The molecule has 1 aromatic carbocycles. The van der Waals surface area contributed by atoms with Gasteiger partial charge in [0.25, 0.3) is 5.91 Å². The third-order valence-corrected chi connectivity index (χ3v) is 6.09. The van der Waals surface area contributed by atoms with E-state index in [0.717, 1.165) is 12.8 Å². The van der Waals surface area contributed by atoms with E-state index in [1.165, 1.54) is 4.90 Å². The predicted octanol–water partition coefficient (Wildman–Crippen LogP) is 3.55. The third kappa shape index (κ3) is 3.68. The Balaban J connectivity index is 1.88. The lowest BCUT2D eigenvalue weighted by Gasteiger charge is -2.46. The topological polar surface area (TPSA) is 76.1 Å². The van der Waals surface area contributed by atoms with Crippen molar-refractivity contribution in [2.75, 3.05) is 13.7 Å². The summed E-state index contributed by atoms with van der Waals surface area (Å²) in [4.78, 5) is 26.5. The molecule has 6 heteroatoms. The van der Waals surface area contributed by atoms with Gasteiger partial charge in [-0.3, -0.25) is 9.69 Å². The van der Waals surface area contributed by atoms with Crippen LogP contribution in [-0.4, -0.2) is 47.4 Å². The number of carbonyl (C=O) groups is 2. The number of carboxylic acids is 1. The Bertz CT molecular complexity index is 698. The number of amides is 1. The molecule has 0 bridgehead atoms. The quantitative estimate of drug-likeness (QED) is 0.874. The summed E-state index contributed by atoms with van der Waals surface area (Å²) >= 11 is 0. The lowest BCUT2D eigenvalue weighted by molar-refractivity contribution is -0.144. The molecular weight excluding hydrogens is 346 g/mol. The average Bonchev–Trinajstić information content (AvgIpc) is 2.99. The maximum Gasteiger partial charge on any atom is 0.328 e. The summed E-state index contributed by atoms with van der Waals surface area (Å²) in [6.45, 7) is 6.72. The molecule has 1 aromatic rings. The van der Waals surface area contributed by atoms with Crippen molar-refractivity contribution in [3.05, 3.63) is 29.8 Å². The molecule has 1 heterocycles. The number of nitrogens with zero attached hydrogens (tertiary/aromatic N) is 1. The third-order valence-electron chi connectivity index (χ3n) is 6.09. The fourth-order valence-electron chi connectivity index (χ4n) is 4.36. The van der Waals surface area contributed by atoms with Gasteiger partial charge in [0.15, 0.2) is 6.04 Å². The number of hydrogen-bond acceptors (Lipinski definition) is 4. The first-order chi connectivity index (χ1) is 12.7. The molecule has 1 aliphatic heterocycles. The van der Waals surface area contributed by atoms with Gasteiger partial charge in [-0.1, -0.05) is 20.8 Å². The van der Waals surface area contributed by atoms with Crippen LogP contribution in [0.2, 0.25) is 0 Å². The molecule has 1 saturated heterocycles. The highest BCUT2D eigenvalue weighted by atomic mass is 16.5. The summed E-state index contributed by atoms with van der Waals surface area (Å²) in [5.74, 6) is -0.128. The Kier molecular flexibility index (Phi) is 5.21. The van der Waals surface area contributed by atoms with E-state index in [9.17, 15) is 14.7 Å². The number of rotatable bonds is 3. The molecule has 6 nitrogen and oxygen atoms in total. The number of carbonyl (C=O) groups excluding carboxylic acids is 1. The molecule has 148 valence electrons. The molecule has 27 heavy (non-hydrogen) atoms. The van der Waals surface area contributed by atoms with Crippen LogP contribution in [-0.2, 0) is 9.53 Å². The van der Waals surface area contributed by atoms with Crippen molar-refractivity contribution in [1.29, 1.82) is 0 Å². The predicted molar refractivity (Wildman–Crippen MR) is 101 cm³/mol. The lowest BCUT2D eigenvalue weighted by atomic mass is 9.70. The normalized spacial score (nSPS) is 28.4. The molecule has 2 aliphatic rings. The molecule has 1 amide bonds. The van der Waals surface area contributed by atoms with Crippen molar-refractivity contribution >= 4 is 11.9 Å². The summed E-state index contributed by atoms with van der Waals surface area (Å²) in [5.41, 5.74) is -0.177. The summed E-state index contributed by atoms with van der Waals surface area (Å²) in [5, 5.41) is 9.66. The van der Waals surface area contributed by atoms with Gasteiger partial charge in [-0.25, -0.2) is 4.79 Å². The lowest BCUT2D eigenvalue weighted by Crippen LogP contribution is -2.55. The number of hydrogen-bond donors (Lipinski definition) is 1. The summed E-state index contributed by atoms with van der Waals surface area (Å²) in [6, 6.07) is 5.82. The van der Waals surface area contributed by atoms with Gasteiger partial charge in [-0.2, -0.15) is 0 Å². The van der Waals surface area contributed by atoms with E-state index in [1.807, 2.05) is 0 Å². The van der Waals surface area contributed by atoms with E-state index in [4.69, 9.17) is 9.47 Å². The fraction of sp³-hybridized carbons (Fsp3) is 0.619. The van der Waals surface area contributed by atoms with Crippen LogP contribution in [0.1, 0.15) is 56.8 Å². The van der Waals surface area contributed by atoms with E-state index in [2.05, 4.69) is 20.8 Å². The first-order valence-electron chi connectivity index (χ1n) is 9.52. The monoisotopic (exact) mass is 375 g/mol. The number of aliphatic carboxylic acids is 1. The van der Waals surface area contributed by atoms with Gasteiger partial charge >= 0.3 is 5.97 Å². The van der Waals surface area contributed by atoms with E-state index in [-0.39, 0.29) is 17.9 Å². The Morgan fingerprint density at radius 2 is 1.78 bits per heavy atom. The van der Waals surface area contributed by atoms with Gasteiger partial charge in [0, 0.05) is 5.56 Å². The second-order valence-corrected chi connectivity index (χ2v) is 8.66. The Morgan fingerprint density at radius 3 is 2.26 bits per heavy atom. The van der Waals surface area contributed by atoms with Crippen LogP contribution in [0.3, 0.4) is 0 Å². The van der Waals surface area contributed by atoms with Crippen LogP contribution < -0.4 is 4.74 Å². The van der Waals surface area contributed by atoms with E-state index < -0.39 is 17.7 Å². The van der Waals surface area contributed by atoms with E-state index >= 15 is 0 Å². The second-order valence-electron chi connectivity index (χ2n) is 8.66. The number of benzene rings is 1. The summed E-state index contributed by atoms with van der Waals surface area (Å²) < 4.78 is 11.2. The molecule has 3 rings (SSSR count). The first-order valence-corrected chi connectivity index (χ1v) is 9.52. The van der Waals surface area contributed by atoms with E-state index in [0.29, 0.717) is 30.1 Å². The summed E-state index contributed by atoms with van der Waals surface area (Å²) in [6.07, 6.45) is 3.17. The highest BCUT2D eigenvalue weighted by Gasteiger charge is 2.54. The summed E-state index contributed by atoms with van der Waals surface area (Å²) in [7, 11) is 1.56. The van der Waals surface area contributed by atoms with Crippen LogP contribution in [0.15, 0.2) is 24.3 Å². The van der Waals surface area contributed by atoms with E-state index in [1.54, 1.807) is 31.4 Å². The van der Waals surface area contributed by atoms with Crippen molar-refractivity contribution in [2.24, 2.45) is 11.3 Å². The van der Waals surface area contributed by atoms with Crippen LogP contribution in [0.25, 0.3) is 0 Å². The molecular formula is C21H29NO5. The number of ether oxygens (including phenoxy) is 2. The molecule has 2 fully saturated rings. The SMILES string of the molecule is COc1ccc(C(=O)N2C(C(=O)O)COC23CCC(C(C)(C)C)CC3)cc1. The van der Waals surface area contributed by atoms with Gasteiger partial charge in [0.2, 0.25) is 0 Å². The second kappa shape index (κ2) is 7.15. The number of carboxylic acid groups (broad SMARTS) is 1. The highest BCUT2D eigenvalue weighted by molar-refractivity contribution is 5.97. The van der Waals surface area contributed by atoms with Crippen molar-refractivity contribution in [3.63, 3.8) is 0 Å². The Morgan fingerprint density at radius 1 is 1.19 bits per heavy atom.